The normalized spacial score (nSPS) is 9.64. The first-order valence-corrected chi connectivity index (χ1v) is 4.29. The Morgan fingerprint density at radius 3 is 2.36 bits per heavy atom. The number of hydrogen-bond acceptors (Lipinski definition) is 1. The molecule has 0 heterocycles. The van der Waals surface area contributed by atoms with Gasteiger partial charge in [-0.2, -0.15) is 0 Å². The molecule has 0 spiro atoms. The van der Waals surface area contributed by atoms with Crippen molar-refractivity contribution in [3.8, 4) is 5.75 Å². The van der Waals surface area contributed by atoms with Crippen LogP contribution in [0.2, 0.25) is 0 Å². The van der Waals surface area contributed by atoms with Gasteiger partial charge in [0.1, 0.15) is 5.75 Å². The van der Waals surface area contributed by atoms with Gasteiger partial charge >= 0.3 is 0 Å². The fourth-order valence-electron chi connectivity index (χ4n) is 1.02. The Balaban J connectivity index is 2.66. The van der Waals surface area contributed by atoms with E-state index in [-0.39, 0.29) is 0 Å². The average molecular weight is 168 g/mol. The zero-order valence-corrected chi connectivity index (χ0v) is 7.86. The third-order valence-corrected chi connectivity index (χ3v) is 1.87. The van der Waals surface area contributed by atoms with E-state index in [4.69, 9.17) is 4.52 Å². The van der Waals surface area contributed by atoms with E-state index in [9.17, 15) is 0 Å². The first kappa shape index (κ1) is 8.55. The van der Waals surface area contributed by atoms with E-state index in [1.807, 2.05) is 12.1 Å². The summed E-state index contributed by atoms with van der Waals surface area (Å²) in [5.74, 6) is 0.898. The SMILES string of the molecule is CCCc1ccc(OP)cc1. The maximum absolute atomic E-state index is 4.96. The summed E-state index contributed by atoms with van der Waals surface area (Å²) in [6, 6.07) is 8.17. The molecule has 0 aromatic heterocycles. The zero-order chi connectivity index (χ0) is 8.10. The van der Waals surface area contributed by atoms with Crippen LogP contribution in [0.3, 0.4) is 0 Å². The van der Waals surface area contributed by atoms with Crippen molar-refractivity contribution in [1.29, 1.82) is 0 Å². The molecule has 1 atom stereocenters. The van der Waals surface area contributed by atoms with E-state index in [1.165, 1.54) is 12.0 Å². The van der Waals surface area contributed by atoms with Crippen LogP contribution in [0.15, 0.2) is 24.3 Å². The number of aryl methyl sites for hydroxylation is 1. The quantitative estimate of drug-likeness (QED) is 0.630. The molecule has 0 aliphatic carbocycles. The van der Waals surface area contributed by atoms with E-state index in [1.54, 1.807) is 0 Å². The summed E-state index contributed by atoms with van der Waals surface area (Å²) >= 11 is 0. The summed E-state index contributed by atoms with van der Waals surface area (Å²) < 4.78 is 4.96. The lowest BCUT2D eigenvalue weighted by Crippen LogP contribution is -1.81. The Morgan fingerprint density at radius 1 is 1.27 bits per heavy atom. The molecular formula is C9H13OP. The van der Waals surface area contributed by atoms with Crippen LogP contribution in [0.5, 0.6) is 5.75 Å². The summed E-state index contributed by atoms with van der Waals surface area (Å²) in [6.07, 6.45) is 2.35. The van der Waals surface area contributed by atoms with Crippen LogP contribution < -0.4 is 4.52 Å². The van der Waals surface area contributed by atoms with E-state index in [0.717, 1.165) is 12.2 Å². The van der Waals surface area contributed by atoms with E-state index < -0.39 is 0 Å². The molecule has 1 aromatic carbocycles. The molecule has 0 radical (unpaired) electrons. The minimum absolute atomic E-state index is 0.898. The molecule has 0 aliphatic rings. The van der Waals surface area contributed by atoms with Crippen molar-refractivity contribution < 1.29 is 4.52 Å². The highest BCUT2D eigenvalue weighted by molar-refractivity contribution is 7.10. The molecule has 0 saturated carbocycles. The molecule has 11 heavy (non-hydrogen) atoms. The summed E-state index contributed by atoms with van der Waals surface area (Å²) in [5, 5.41) is 0. The lowest BCUT2D eigenvalue weighted by atomic mass is 10.1. The summed E-state index contributed by atoms with van der Waals surface area (Å²) in [4.78, 5) is 0. The van der Waals surface area contributed by atoms with Gasteiger partial charge in [0.25, 0.3) is 0 Å². The molecule has 1 rings (SSSR count). The summed E-state index contributed by atoms with van der Waals surface area (Å²) in [6.45, 7) is 2.18. The standard InChI is InChI=1S/C9H13OP/c1-2-3-8-4-6-9(10-11)7-5-8/h4-7H,2-3,11H2,1H3. The van der Waals surface area contributed by atoms with Gasteiger partial charge in [0.05, 0.1) is 9.47 Å². The third kappa shape index (κ3) is 2.51. The fraction of sp³-hybridized carbons (Fsp3) is 0.333. The highest BCUT2D eigenvalue weighted by atomic mass is 31.0. The molecule has 0 amide bonds. The molecule has 0 fully saturated rings. The Kier molecular flexibility index (Phi) is 3.38. The van der Waals surface area contributed by atoms with E-state index >= 15 is 0 Å². The lowest BCUT2D eigenvalue weighted by Gasteiger charge is -2.00. The fourth-order valence-corrected chi connectivity index (χ4v) is 1.18. The second-order valence-electron chi connectivity index (χ2n) is 2.51. The molecule has 0 saturated heterocycles. The summed E-state index contributed by atoms with van der Waals surface area (Å²) in [7, 11) is 2.24. The Hall–Kier alpha value is -0.550. The predicted octanol–water partition coefficient (Wildman–Crippen LogP) is 2.81. The Bertz CT molecular complexity index is 205. The maximum atomic E-state index is 4.96. The second-order valence-corrected chi connectivity index (χ2v) is 2.75. The van der Waals surface area contributed by atoms with Gasteiger partial charge in [-0.3, -0.25) is 0 Å². The monoisotopic (exact) mass is 168 g/mol. The van der Waals surface area contributed by atoms with Gasteiger partial charge in [0.2, 0.25) is 0 Å². The van der Waals surface area contributed by atoms with Crippen LogP contribution in [0.4, 0.5) is 0 Å². The molecule has 1 aromatic rings. The van der Waals surface area contributed by atoms with Crippen molar-refractivity contribution in [2.24, 2.45) is 0 Å². The van der Waals surface area contributed by atoms with Crippen molar-refractivity contribution in [2.45, 2.75) is 19.8 Å². The van der Waals surface area contributed by atoms with Gasteiger partial charge in [-0.1, -0.05) is 25.5 Å². The van der Waals surface area contributed by atoms with Crippen LogP contribution in [-0.2, 0) is 6.42 Å². The van der Waals surface area contributed by atoms with E-state index in [2.05, 4.69) is 28.5 Å². The molecule has 0 aliphatic heterocycles. The first-order valence-electron chi connectivity index (χ1n) is 3.82. The molecule has 1 nitrogen and oxygen atoms in total. The Labute approximate surface area is 70.1 Å². The zero-order valence-electron chi connectivity index (χ0n) is 6.71. The molecule has 60 valence electrons. The highest BCUT2D eigenvalue weighted by Crippen LogP contribution is 2.14. The first-order chi connectivity index (χ1) is 5.36. The van der Waals surface area contributed by atoms with Crippen LogP contribution in [0.25, 0.3) is 0 Å². The molecule has 2 heteroatoms. The Morgan fingerprint density at radius 2 is 1.91 bits per heavy atom. The van der Waals surface area contributed by atoms with Gasteiger partial charge in [-0.15, -0.1) is 0 Å². The van der Waals surface area contributed by atoms with Crippen LogP contribution in [-0.4, -0.2) is 0 Å². The van der Waals surface area contributed by atoms with Gasteiger partial charge < -0.3 is 4.52 Å². The van der Waals surface area contributed by atoms with Gasteiger partial charge in [-0.05, 0) is 24.1 Å². The minimum Gasteiger partial charge on any atom is -0.480 e. The second kappa shape index (κ2) is 4.35. The van der Waals surface area contributed by atoms with Crippen molar-refractivity contribution in [3.63, 3.8) is 0 Å². The number of benzene rings is 1. The molecule has 0 N–H and O–H groups in total. The largest absolute Gasteiger partial charge is 0.480 e. The number of hydrogen-bond donors (Lipinski definition) is 0. The third-order valence-electron chi connectivity index (χ3n) is 1.60. The topological polar surface area (TPSA) is 9.23 Å². The number of rotatable bonds is 3. The smallest absolute Gasteiger partial charge is 0.122 e. The predicted molar refractivity (Wildman–Crippen MR) is 50.8 cm³/mol. The van der Waals surface area contributed by atoms with Crippen LogP contribution in [0, 0.1) is 0 Å². The maximum Gasteiger partial charge on any atom is 0.122 e. The minimum atomic E-state index is 0.898. The van der Waals surface area contributed by atoms with Crippen molar-refractivity contribution in [1.82, 2.24) is 0 Å². The van der Waals surface area contributed by atoms with Crippen LogP contribution >= 0.6 is 9.47 Å². The van der Waals surface area contributed by atoms with Crippen molar-refractivity contribution in [3.05, 3.63) is 29.8 Å². The summed E-state index contributed by atoms with van der Waals surface area (Å²) in [5.41, 5.74) is 1.37. The average Bonchev–Trinajstić information content (AvgIpc) is 2.07. The molecule has 1 unspecified atom stereocenters. The van der Waals surface area contributed by atoms with Crippen LogP contribution in [0.1, 0.15) is 18.9 Å². The van der Waals surface area contributed by atoms with Gasteiger partial charge in [-0.25, -0.2) is 0 Å². The van der Waals surface area contributed by atoms with Crippen molar-refractivity contribution in [2.75, 3.05) is 0 Å². The lowest BCUT2D eigenvalue weighted by molar-refractivity contribution is 0.645. The van der Waals surface area contributed by atoms with E-state index in [0.29, 0.717) is 0 Å². The van der Waals surface area contributed by atoms with Gasteiger partial charge in [0.15, 0.2) is 0 Å². The molecule has 0 bridgehead atoms. The highest BCUT2D eigenvalue weighted by Gasteiger charge is 1.91. The molecular weight excluding hydrogens is 155 g/mol. The van der Waals surface area contributed by atoms with Crippen molar-refractivity contribution >= 4 is 9.47 Å². The van der Waals surface area contributed by atoms with Gasteiger partial charge in [0, 0.05) is 0 Å².